The van der Waals surface area contributed by atoms with Crippen molar-refractivity contribution in [1.29, 1.82) is 0 Å². The van der Waals surface area contributed by atoms with Crippen LogP contribution in [0.2, 0.25) is 0 Å². The van der Waals surface area contributed by atoms with E-state index in [1.54, 1.807) is 6.07 Å². The van der Waals surface area contributed by atoms with E-state index in [0.29, 0.717) is 31.2 Å². The van der Waals surface area contributed by atoms with Crippen LogP contribution in [0.5, 0.6) is 0 Å². The standard InChI is InChI=1S/C9H16N6O/c1-6-5-8(14-9(13-6)15-11)12-4-2-3-7(10)16/h5H,2-4,11H2,1H3,(H2,10,16)(H2,12,13,14,15). The number of nitrogen functional groups attached to an aromatic ring is 1. The average Bonchev–Trinajstić information content (AvgIpc) is 2.23. The fraction of sp³-hybridized carbons (Fsp3) is 0.444. The van der Waals surface area contributed by atoms with Gasteiger partial charge in [-0.3, -0.25) is 10.2 Å². The zero-order valence-electron chi connectivity index (χ0n) is 9.16. The van der Waals surface area contributed by atoms with Gasteiger partial charge in [-0.05, 0) is 13.3 Å². The Kier molecular flexibility index (Phi) is 4.46. The molecular formula is C9H16N6O. The van der Waals surface area contributed by atoms with Crippen LogP contribution in [0.1, 0.15) is 18.5 Å². The molecule has 1 aromatic heterocycles. The van der Waals surface area contributed by atoms with Crippen molar-refractivity contribution in [3.63, 3.8) is 0 Å². The highest BCUT2D eigenvalue weighted by Crippen LogP contribution is 2.08. The van der Waals surface area contributed by atoms with Crippen molar-refractivity contribution in [1.82, 2.24) is 9.97 Å². The summed E-state index contributed by atoms with van der Waals surface area (Å²) in [7, 11) is 0. The second kappa shape index (κ2) is 5.86. The summed E-state index contributed by atoms with van der Waals surface area (Å²) in [6.45, 7) is 2.47. The zero-order valence-corrected chi connectivity index (χ0v) is 9.16. The van der Waals surface area contributed by atoms with Gasteiger partial charge in [-0.15, -0.1) is 0 Å². The van der Waals surface area contributed by atoms with Crippen LogP contribution in [0.15, 0.2) is 6.07 Å². The van der Waals surface area contributed by atoms with E-state index in [2.05, 4.69) is 20.7 Å². The number of hydrogen-bond donors (Lipinski definition) is 4. The number of aryl methyl sites for hydroxylation is 1. The first-order chi connectivity index (χ1) is 7.61. The molecule has 0 unspecified atom stereocenters. The van der Waals surface area contributed by atoms with E-state index < -0.39 is 0 Å². The lowest BCUT2D eigenvalue weighted by Crippen LogP contribution is -2.15. The number of amides is 1. The summed E-state index contributed by atoms with van der Waals surface area (Å²) in [5.74, 6) is 5.95. The molecule has 0 aliphatic rings. The Hall–Kier alpha value is -1.89. The molecule has 0 saturated heterocycles. The number of nitrogens with one attached hydrogen (secondary N) is 2. The second-order valence-corrected chi connectivity index (χ2v) is 3.36. The highest BCUT2D eigenvalue weighted by atomic mass is 16.1. The number of carbonyl (C=O) groups excluding carboxylic acids is 1. The van der Waals surface area contributed by atoms with E-state index in [0.717, 1.165) is 5.69 Å². The smallest absolute Gasteiger partial charge is 0.239 e. The topological polar surface area (TPSA) is 119 Å². The Morgan fingerprint density at radius 2 is 2.25 bits per heavy atom. The molecule has 1 aromatic rings. The molecule has 0 aliphatic heterocycles. The van der Waals surface area contributed by atoms with Gasteiger partial charge in [-0.1, -0.05) is 0 Å². The highest BCUT2D eigenvalue weighted by molar-refractivity contribution is 5.73. The van der Waals surface area contributed by atoms with Crippen molar-refractivity contribution in [3.05, 3.63) is 11.8 Å². The third kappa shape index (κ3) is 4.09. The Balaban J connectivity index is 2.47. The molecule has 0 saturated carbocycles. The van der Waals surface area contributed by atoms with Gasteiger partial charge >= 0.3 is 0 Å². The molecule has 0 spiro atoms. The minimum atomic E-state index is -0.301. The van der Waals surface area contributed by atoms with E-state index in [4.69, 9.17) is 11.6 Å². The molecule has 0 radical (unpaired) electrons. The molecular weight excluding hydrogens is 208 g/mol. The van der Waals surface area contributed by atoms with Gasteiger partial charge in [-0.2, -0.15) is 4.98 Å². The van der Waals surface area contributed by atoms with Gasteiger partial charge in [0.2, 0.25) is 11.9 Å². The van der Waals surface area contributed by atoms with Gasteiger partial charge < -0.3 is 11.1 Å². The fourth-order valence-electron chi connectivity index (χ4n) is 1.20. The van der Waals surface area contributed by atoms with Crippen molar-refractivity contribution in [3.8, 4) is 0 Å². The van der Waals surface area contributed by atoms with Crippen molar-refractivity contribution < 1.29 is 4.79 Å². The number of nitrogens with two attached hydrogens (primary N) is 2. The van der Waals surface area contributed by atoms with Crippen molar-refractivity contribution in [2.24, 2.45) is 11.6 Å². The maximum absolute atomic E-state index is 10.5. The Morgan fingerprint density at radius 3 is 2.88 bits per heavy atom. The summed E-state index contributed by atoms with van der Waals surface area (Å²) in [4.78, 5) is 18.6. The molecule has 7 heteroatoms. The number of aromatic nitrogens is 2. The Bertz CT molecular complexity index is 367. The lowest BCUT2D eigenvalue weighted by molar-refractivity contribution is -0.118. The van der Waals surface area contributed by atoms with Gasteiger partial charge in [0.05, 0.1) is 0 Å². The third-order valence-electron chi connectivity index (χ3n) is 1.89. The molecule has 6 N–H and O–H groups in total. The number of nitrogens with zero attached hydrogens (tertiary/aromatic N) is 2. The van der Waals surface area contributed by atoms with Gasteiger partial charge in [-0.25, -0.2) is 10.8 Å². The first-order valence-electron chi connectivity index (χ1n) is 4.96. The minimum absolute atomic E-state index is 0.301. The number of anilines is 2. The van der Waals surface area contributed by atoms with Crippen LogP contribution in [-0.2, 0) is 4.79 Å². The summed E-state index contributed by atoms with van der Waals surface area (Å²) >= 11 is 0. The predicted molar refractivity (Wildman–Crippen MR) is 61.5 cm³/mol. The third-order valence-corrected chi connectivity index (χ3v) is 1.89. The van der Waals surface area contributed by atoms with Gasteiger partial charge in [0.15, 0.2) is 0 Å². The maximum Gasteiger partial charge on any atom is 0.239 e. The van der Waals surface area contributed by atoms with Crippen molar-refractivity contribution >= 4 is 17.7 Å². The monoisotopic (exact) mass is 224 g/mol. The van der Waals surface area contributed by atoms with Gasteiger partial charge in [0.1, 0.15) is 5.82 Å². The molecule has 1 rings (SSSR count). The number of hydrazine groups is 1. The lowest BCUT2D eigenvalue weighted by Gasteiger charge is -2.07. The minimum Gasteiger partial charge on any atom is -0.370 e. The molecule has 16 heavy (non-hydrogen) atoms. The molecule has 0 aliphatic carbocycles. The quantitative estimate of drug-likeness (QED) is 0.300. The van der Waals surface area contributed by atoms with Crippen LogP contribution in [-0.4, -0.2) is 22.4 Å². The number of primary amides is 1. The van der Waals surface area contributed by atoms with Gasteiger partial charge in [0, 0.05) is 24.7 Å². The molecule has 0 atom stereocenters. The largest absolute Gasteiger partial charge is 0.370 e. The summed E-state index contributed by atoms with van der Waals surface area (Å²) in [5.41, 5.74) is 8.21. The number of hydrogen-bond acceptors (Lipinski definition) is 6. The van der Waals surface area contributed by atoms with Crippen LogP contribution >= 0.6 is 0 Å². The van der Waals surface area contributed by atoms with Crippen LogP contribution in [0, 0.1) is 6.92 Å². The van der Waals surface area contributed by atoms with Crippen molar-refractivity contribution in [2.45, 2.75) is 19.8 Å². The highest BCUT2D eigenvalue weighted by Gasteiger charge is 2.00. The summed E-state index contributed by atoms with van der Waals surface area (Å²) in [6.07, 6.45) is 1.03. The summed E-state index contributed by atoms with van der Waals surface area (Å²) < 4.78 is 0. The lowest BCUT2D eigenvalue weighted by atomic mass is 10.3. The van der Waals surface area contributed by atoms with E-state index in [1.165, 1.54) is 0 Å². The second-order valence-electron chi connectivity index (χ2n) is 3.36. The zero-order chi connectivity index (χ0) is 12.0. The van der Waals surface area contributed by atoms with E-state index in [-0.39, 0.29) is 5.91 Å². The molecule has 7 nitrogen and oxygen atoms in total. The van der Waals surface area contributed by atoms with E-state index in [1.807, 2.05) is 6.92 Å². The summed E-state index contributed by atoms with van der Waals surface area (Å²) in [5, 5.41) is 3.06. The Morgan fingerprint density at radius 1 is 1.50 bits per heavy atom. The first-order valence-corrected chi connectivity index (χ1v) is 4.96. The first kappa shape index (κ1) is 12.2. The normalized spacial score (nSPS) is 9.88. The Labute approximate surface area is 93.6 Å². The maximum atomic E-state index is 10.5. The number of carbonyl (C=O) groups is 1. The molecule has 0 aromatic carbocycles. The van der Waals surface area contributed by atoms with Crippen LogP contribution in [0.25, 0.3) is 0 Å². The molecule has 1 heterocycles. The van der Waals surface area contributed by atoms with E-state index >= 15 is 0 Å². The van der Waals surface area contributed by atoms with Gasteiger partial charge in [0.25, 0.3) is 0 Å². The number of rotatable bonds is 6. The van der Waals surface area contributed by atoms with Crippen LogP contribution in [0.4, 0.5) is 11.8 Å². The van der Waals surface area contributed by atoms with E-state index in [9.17, 15) is 4.79 Å². The summed E-state index contributed by atoms with van der Waals surface area (Å²) in [6, 6.07) is 1.80. The molecule has 1 amide bonds. The molecule has 0 bridgehead atoms. The van der Waals surface area contributed by atoms with Crippen LogP contribution in [0.3, 0.4) is 0 Å². The fourth-order valence-corrected chi connectivity index (χ4v) is 1.20. The molecule has 88 valence electrons. The SMILES string of the molecule is Cc1cc(NCCCC(N)=O)nc(NN)n1. The average molecular weight is 224 g/mol. The molecule has 0 fully saturated rings. The van der Waals surface area contributed by atoms with Crippen molar-refractivity contribution in [2.75, 3.05) is 17.3 Å². The predicted octanol–water partition coefficient (Wildman–Crippen LogP) is -0.252. The van der Waals surface area contributed by atoms with Crippen LogP contribution < -0.4 is 22.3 Å².